The fourth-order valence-electron chi connectivity index (χ4n) is 2.50. The molecule has 0 atom stereocenters. The van der Waals surface area contributed by atoms with Crippen LogP contribution in [0.25, 0.3) is 0 Å². The van der Waals surface area contributed by atoms with Crippen molar-refractivity contribution in [3.8, 4) is 5.75 Å². The van der Waals surface area contributed by atoms with Gasteiger partial charge in [0.25, 0.3) is 0 Å². The molecule has 0 aromatic heterocycles. The monoisotopic (exact) mass is 382 g/mol. The summed E-state index contributed by atoms with van der Waals surface area (Å²) < 4.78 is 5.29. The second kappa shape index (κ2) is 9.20. The van der Waals surface area contributed by atoms with Gasteiger partial charge in [0.2, 0.25) is 0 Å². The lowest BCUT2D eigenvalue weighted by Crippen LogP contribution is -2.36. The highest BCUT2D eigenvalue weighted by atomic mass is 16.5. The molecule has 0 saturated carbocycles. The summed E-state index contributed by atoms with van der Waals surface area (Å²) in [4.78, 5) is 12.6. The molecular formula is C25H34O3. The van der Waals surface area contributed by atoms with E-state index in [2.05, 4.69) is 6.58 Å². The van der Waals surface area contributed by atoms with E-state index < -0.39 is 5.60 Å². The SMILES string of the molecule is C=CC(C)(C)C(C)(C)O.COc1ccc(C)c(C(=O)c2ccc(C)cc2)c1C. The number of aliphatic hydroxyl groups is 1. The highest BCUT2D eigenvalue weighted by molar-refractivity contribution is 6.11. The van der Waals surface area contributed by atoms with Crippen molar-refractivity contribution in [3.63, 3.8) is 0 Å². The zero-order valence-corrected chi connectivity index (χ0v) is 18.5. The molecule has 1 N–H and O–H groups in total. The fraction of sp³-hybridized carbons (Fsp3) is 0.400. The summed E-state index contributed by atoms with van der Waals surface area (Å²) in [5, 5.41) is 9.47. The molecule has 0 heterocycles. The maximum atomic E-state index is 12.6. The minimum atomic E-state index is -0.672. The second-order valence-electron chi connectivity index (χ2n) is 8.26. The van der Waals surface area contributed by atoms with Crippen molar-refractivity contribution in [2.24, 2.45) is 5.41 Å². The van der Waals surface area contributed by atoms with E-state index in [0.717, 1.165) is 28.0 Å². The van der Waals surface area contributed by atoms with Crippen LogP contribution in [0.15, 0.2) is 49.1 Å². The first-order valence-electron chi connectivity index (χ1n) is 9.47. The van der Waals surface area contributed by atoms with E-state index in [1.165, 1.54) is 0 Å². The number of methoxy groups -OCH3 is 1. The maximum absolute atomic E-state index is 12.6. The van der Waals surface area contributed by atoms with Crippen LogP contribution < -0.4 is 4.74 Å². The van der Waals surface area contributed by atoms with Gasteiger partial charge < -0.3 is 9.84 Å². The highest BCUT2D eigenvalue weighted by Gasteiger charge is 2.31. The molecule has 0 spiro atoms. The predicted molar refractivity (Wildman–Crippen MR) is 117 cm³/mol. The molecule has 2 aromatic rings. The Kier molecular flexibility index (Phi) is 7.77. The van der Waals surface area contributed by atoms with Gasteiger partial charge >= 0.3 is 0 Å². The van der Waals surface area contributed by atoms with E-state index in [0.29, 0.717) is 5.56 Å². The van der Waals surface area contributed by atoms with Gasteiger partial charge in [0.15, 0.2) is 5.78 Å². The third kappa shape index (κ3) is 5.56. The van der Waals surface area contributed by atoms with Gasteiger partial charge in [-0.05, 0) is 46.2 Å². The Hall–Kier alpha value is -2.39. The number of hydrogen-bond donors (Lipinski definition) is 1. The number of aryl methyl sites for hydroxylation is 2. The van der Waals surface area contributed by atoms with Gasteiger partial charge in [-0.1, -0.05) is 55.8 Å². The third-order valence-electron chi connectivity index (χ3n) is 5.47. The van der Waals surface area contributed by atoms with Gasteiger partial charge in [-0.25, -0.2) is 0 Å². The zero-order valence-electron chi connectivity index (χ0n) is 18.5. The summed E-state index contributed by atoms with van der Waals surface area (Å²) in [5.41, 5.74) is 3.60. The van der Waals surface area contributed by atoms with Gasteiger partial charge in [0.1, 0.15) is 5.75 Å². The minimum Gasteiger partial charge on any atom is -0.496 e. The molecule has 0 aliphatic heterocycles. The van der Waals surface area contributed by atoms with E-state index in [4.69, 9.17) is 4.74 Å². The van der Waals surface area contributed by atoms with Gasteiger partial charge in [0.05, 0.1) is 12.7 Å². The molecule has 152 valence electrons. The largest absolute Gasteiger partial charge is 0.496 e. The third-order valence-corrected chi connectivity index (χ3v) is 5.47. The van der Waals surface area contributed by atoms with Crippen LogP contribution in [0.5, 0.6) is 5.75 Å². The molecule has 0 amide bonds. The molecule has 2 aromatic carbocycles. The van der Waals surface area contributed by atoms with E-state index in [9.17, 15) is 9.90 Å². The number of carbonyl (C=O) groups is 1. The van der Waals surface area contributed by atoms with Crippen molar-refractivity contribution in [2.75, 3.05) is 7.11 Å². The van der Waals surface area contributed by atoms with Gasteiger partial charge in [-0.15, -0.1) is 6.58 Å². The topological polar surface area (TPSA) is 46.5 Å². The Labute approximate surface area is 170 Å². The molecule has 0 bridgehead atoms. The molecule has 28 heavy (non-hydrogen) atoms. The van der Waals surface area contributed by atoms with Gasteiger partial charge in [-0.2, -0.15) is 0 Å². The van der Waals surface area contributed by atoms with Crippen LogP contribution >= 0.6 is 0 Å². The molecule has 0 radical (unpaired) electrons. The van der Waals surface area contributed by atoms with Crippen molar-refractivity contribution < 1.29 is 14.6 Å². The van der Waals surface area contributed by atoms with Crippen molar-refractivity contribution in [3.05, 3.63) is 76.9 Å². The number of ketones is 1. The van der Waals surface area contributed by atoms with E-state index in [1.54, 1.807) is 27.0 Å². The van der Waals surface area contributed by atoms with Crippen LogP contribution in [-0.2, 0) is 0 Å². The predicted octanol–water partition coefficient (Wildman–Crippen LogP) is 5.82. The Bertz CT molecular complexity index is 822. The number of hydrogen-bond acceptors (Lipinski definition) is 3. The summed E-state index contributed by atoms with van der Waals surface area (Å²) in [6, 6.07) is 11.5. The first-order chi connectivity index (χ1) is 12.9. The van der Waals surface area contributed by atoms with Crippen molar-refractivity contribution in [1.29, 1.82) is 0 Å². The van der Waals surface area contributed by atoms with Crippen LogP contribution in [0.3, 0.4) is 0 Å². The van der Waals surface area contributed by atoms with Crippen molar-refractivity contribution in [2.45, 2.75) is 54.1 Å². The molecule has 0 aliphatic rings. The number of rotatable bonds is 5. The molecular weight excluding hydrogens is 348 g/mol. The summed E-state index contributed by atoms with van der Waals surface area (Å²) in [6.07, 6.45) is 1.77. The van der Waals surface area contributed by atoms with Crippen molar-refractivity contribution >= 4 is 5.78 Å². The fourth-order valence-corrected chi connectivity index (χ4v) is 2.50. The van der Waals surface area contributed by atoms with Crippen LogP contribution in [-0.4, -0.2) is 23.6 Å². The summed E-state index contributed by atoms with van der Waals surface area (Å²) in [6.45, 7) is 17.0. The lowest BCUT2D eigenvalue weighted by atomic mass is 9.78. The van der Waals surface area contributed by atoms with Crippen molar-refractivity contribution in [1.82, 2.24) is 0 Å². The molecule has 0 aliphatic carbocycles. The molecule has 2 rings (SSSR count). The highest BCUT2D eigenvalue weighted by Crippen LogP contribution is 2.30. The van der Waals surface area contributed by atoms with E-state index in [1.807, 2.05) is 71.0 Å². The average molecular weight is 383 g/mol. The first-order valence-corrected chi connectivity index (χ1v) is 9.47. The first kappa shape index (κ1) is 23.6. The standard InChI is InChI=1S/C17H18O2.C8H16O/c1-11-5-8-14(9-6-11)17(18)16-12(2)7-10-15(19-4)13(16)3;1-6-7(2,3)8(4,5)9/h5-10H,1-4H3;6,9H,1H2,2-5H3. The summed E-state index contributed by atoms with van der Waals surface area (Å²) in [5.74, 6) is 0.801. The Morgan fingerprint density at radius 3 is 1.93 bits per heavy atom. The molecule has 0 saturated heterocycles. The van der Waals surface area contributed by atoms with Crippen LogP contribution in [0.1, 0.15) is 60.3 Å². The van der Waals surface area contributed by atoms with Gasteiger partial charge in [-0.3, -0.25) is 4.79 Å². The number of benzene rings is 2. The number of ether oxygens (including phenoxy) is 1. The average Bonchev–Trinajstić information content (AvgIpc) is 2.62. The normalized spacial score (nSPS) is 11.3. The van der Waals surface area contributed by atoms with Crippen LogP contribution in [0.4, 0.5) is 0 Å². The minimum absolute atomic E-state index is 0.0499. The van der Waals surface area contributed by atoms with Crippen LogP contribution in [0.2, 0.25) is 0 Å². The quantitative estimate of drug-likeness (QED) is 0.523. The maximum Gasteiger partial charge on any atom is 0.193 e. The Balaban J connectivity index is 0.000000370. The van der Waals surface area contributed by atoms with E-state index in [-0.39, 0.29) is 11.2 Å². The lowest BCUT2D eigenvalue weighted by molar-refractivity contribution is -0.00719. The van der Waals surface area contributed by atoms with Crippen LogP contribution in [0, 0.1) is 26.2 Å². The second-order valence-corrected chi connectivity index (χ2v) is 8.26. The number of carbonyl (C=O) groups excluding carboxylic acids is 1. The molecule has 3 heteroatoms. The Morgan fingerprint density at radius 1 is 1.00 bits per heavy atom. The molecule has 0 fully saturated rings. The molecule has 0 unspecified atom stereocenters. The summed E-state index contributed by atoms with van der Waals surface area (Å²) >= 11 is 0. The lowest BCUT2D eigenvalue weighted by Gasteiger charge is -2.34. The smallest absolute Gasteiger partial charge is 0.193 e. The zero-order chi connectivity index (χ0) is 21.7. The van der Waals surface area contributed by atoms with E-state index >= 15 is 0 Å². The van der Waals surface area contributed by atoms with Gasteiger partial charge in [0, 0.05) is 22.1 Å². The molecule has 3 nitrogen and oxygen atoms in total. The summed E-state index contributed by atoms with van der Waals surface area (Å²) in [7, 11) is 1.62. The Morgan fingerprint density at radius 2 is 1.54 bits per heavy atom.